The number of hydrogen-bond acceptors (Lipinski definition) is 3. The first-order valence-corrected chi connectivity index (χ1v) is 3.37. The van der Waals surface area contributed by atoms with Crippen molar-refractivity contribution >= 4 is 12.3 Å². The van der Waals surface area contributed by atoms with Gasteiger partial charge in [0, 0.05) is 0 Å². The molecule has 0 saturated heterocycles. The Morgan fingerprint density at radius 3 is 2.23 bits per heavy atom. The lowest BCUT2D eigenvalue weighted by molar-refractivity contribution is 0.205. The van der Waals surface area contributed by atoms with Gasteiger partial charge in [-0.25, -0.2) is 4.79 Å². The van der Waals surface area contributed by atoms with Gasteiger partial charge in [-0.1, -0.05) is 35.5 Å². The minimum absolute atomic E-state index is 0.903. The maximum atomic E-state index is 8.78. The molecule has 0 bridgehead atoms. The molecule has 0 spiro atoms. The highest BCUT2D eigenvalue weighted by atomic mass is 16.4. The zero-order chi connectivity index (χ0) is 10.1. The van der Waals surface area contributed by atoms with E-state index in [1.165, 1.54) is 6.21 Å². The molecule has 0 saturated carbocycles. The lowest BCUT2D eigenvalue weighted by Crippen LogP contribution is -2.03. The van der Waals surface area contributed by atoms with Crippen molar-refractivity contribution in [2.24, 2.45) is 10.9 Å². The second-order valence-corrected chi connectivity index (χ2v) is 1.99. The summed E-state index contributed by atoms with van der Waals surface area (Å²) in [5.41, 5.74) is 4.93. The Bertz CT molecular complexity index is 268. The van der Waals surface area contributed by atoms with E-state index < -0.39 is 6.09 Å². The van der Waals surface area contributed by atoms with E-state index in [1.54, 1.807) is 0 Å². The Kier molecular flexibility index (Phi) is 5.61. The first-order valence-electron chi connectivity index (χ1n) is 3.37. The van der Waals surface area contributed by atoms with Crippen LogP contribution in [0.4, 0.5) is 4.79 Å². The van der Waals surface area contributed by atoms with E-state index in [1.807, 2.05) is 30.3 Å². The lowest BCUT2D eigenvalue weighted by Gasteiger charge is -1.85. The Morgan fingerprint density at radius 1 is 1.38 bits per heavy atom. The summed E-state index contributed by atoms with van der Waals surface area (Å²) in [6, 6.07) is 9.40. The molecule has 0 aromatic heterocycles. The predicted octanol–water partition coefficient (Wildman–Crippen LogP) is 1.12. The van der Waals surface area contributed by atoms with Gasteiger partial charge in [-0.2, -0.15) is 0 Å². The van der Waals surface area contributed by atoms with Gasteiger partial charge in [0.25, 0.3) is 0 Å². The third kappa shape index (κ3) is 7.86. The maximum absolute atomic E-state index is 8.78. The molecule has 1 aromatic rings. The first kappa shape index (κ1) is 11.0. The molecular formula is C8H10N2O3. The number of hydrogen-bond donors (Lipinski definition) is 3. The molecule has 0 aliphatic heterocycles. The van der Waals surface area contributed by atoms with Gasteiger partial charge in [-0.05, 0) is 5.56 Å². The maximum Gasteiger partial charge on any atom is 0.402 e. The lowest BCUT2D eigenvalue weighted by atomic mass is 10.2. The molecular weight excluding hydrogens is 172 g/mol. The van der Waals surface area contributed by atoms with E-state index in [2.05, 4.69) is 10.9 Å². The zero-order valence-corrected chi connectivity index (χ0v) is 6.79. The number of carboxylic acid groups (broad SMARTS) is 1. The van der Waals surface area contributed by atoms with Crippen LogP contribution in [0.2, 0.25) is 0 Å². The van der Waals surface area contributed by atoms with Crippen LogP contribution in [0.3, 0.4) is 0 Å². The minimum Gasteiger partial charge on any atom is -0.465 e. The van der Waals surface area contributed by atoms with E-state index >= 15 is 0 Å². The Labute approximate surface area is 75.1 Å². The first-order chi connectivity index (χ1) is 6.16. The third-order valence-electron chi connectivity index (χ3n) is 1.01. The molecule has 1 rings (SSSR count). The molecule has 5 nitrogen and oxygen atoms in total. The number of carbonyl (C=O) groups is 1. The molecule has 5 heteroatoms. The van der Waals surface area contributed by atoms with Crippen molar-refractivity contribution in [2.75, 3.05) is 0 Å². The van der Waals surface area contributed by atoms with E-state index in [9.17, 15) is 0 Å². The molecule has 13 heavy (non-hydrogen) atoms. The fraction of sp³-hybridized carbons (Fsp3) is 0. The average molecular weight is 182 g/mol. The van der Waals surface area contributed by atoms with E-state index in [0.29, 0.717) is 0 Å². The van der Waals surface area contributed by atoms with E-state index in [0.717, 1.165) is 5.56 Å². The molecule has 1 amide bonds. The summed E-state index contributed by atoms with van der Waals surface area (Å²) in [6.07, 6.45) is 0.0556. The fourth-order valence-corrected chi connectivity index (χ4v) is 0.606. The summed E-state index contributed by atoms with van der Waals surface area (Å²) in [4.78, 5) is 8.78. The molecule has 0 heterocycles. The smallest absolute Gasteiger partial charge is 0.402 e. The van der Waals surface area contributed by atoms with Crippen LogP contribution in [0.5, 0.6) is 0 Å². The van der Waals surface area contributed by atoms with Gasteiger partial charge >= 0.3 is 6.09 Å². The second-order valence-electron chi connectivity index (χ2n) is 1.99. The summed E-state index contributed by atoms with van der Waals surface area (Å²) < 4.78 is 0. The van der Waals surface area contributed by atoms with Crippen LogP contribution >= 0.6 is 0 Å². The van der Waals surface area contributed by atoms with Crippen molar-refractivity contribution in [2.45, 2.75) is 0 Å². The second kappa shape index (κ2) is 6.66. The number of benzene rings is 1. The largest absolute Gasteiger partial charge is 0.465 e. The Hall–Kier alpha value is -2.04. The number of nitrogens with zero attached hydrogens (tertiary/aromatic N) is 1. The number of nitrogens with two attached hydrogens (primary N) is 1. The molecule has 4 N–H and O–H groups in total. The van der Waals surface area contributed by atoms with Gasteiger partial charge in [-0.3, -0.25) is 0 Å². The summed E-state index contributed by atoms with van der Waals surface area (Å²) in [5, 5.41) is 18.2. The SMILES string of the molecule is NC(=O)O.ON=Cc1ccccc1. The molecule has 70 valence electrons. The molecule has 0 fully saturated rings. The third-order valence-corrected chi connectivity index (χ3v) is 1.01. The van der Waals surface area contributed by atoms with Crippen LogP contribution in [0, 0.1) is 0 Å². The molecule has 0 aliphatic rings. The number of amides is 1. The highest BCUT2D eigenvalue weighted by Gasteiger charge is 1.79. The number of oxime groups is 1. The van der Waals surface area contributed by atoms with Gasteiger partial charge in [0.15, 0.2) is 0 Å². The zero-order valence-electron chi connectivity index (χ0n) is 6.79. The van der Waals surface area contributed by atoms with Crippen LogP contribution in [0.15, 0.2) is 35.5 Å². The summed E-state index contributed by atoms with van der Waals surface area (Å²) in [6.45, 7) is 0. The quantitative estimate of drug-likeness (QED) is 0.345. The van der Waals surface area contributed by atoms with Crippen LogP contribution in [0.1, 0.15) is 5.56 Å². The average Bonchev–Trinajstić information content (AvgIpc) is 2.06. The minimum atomic E-state index is -1.33. The van der Waals surface area contributed by atoms with Crippen LogP contribution in [-0.2, 0) is 0 Å². The Morgan fingerprint density at radius 2 is 1.85 bits per heavy atom. The van der Waals surface area contributed by atoms with Crippen molar-refractivity contribution in [1.82, 2.24) is 0 Å². The highest BCUT2D eigenvalue weighted by Crippen LogP contribution is 1.92. The van der Waals surface area contributed by atoms with Crippen LogP contribution in [-0.4, -0.2) is 22.6 Å². The molecule has 0 aliphatic carbocycles. The normalized spacial score (nSPS) is 8.92. The number of rotatable bonds is 1. The van der Waals surface area contributed by atoms with Crippen LogP contribution in [0.25, 0.3) is 0 Å². The van der Waals surface area contributed by atoms with Crippen LogP contribution < -0.4 is 5.73 Å². The monoisotopic (exact) mass is 182 g/mol. The molecule has 0 atom stereocenters. The van der Waals surface area contributed by atoms with Gasteiger partial charge in [0.1, 0.15) is 0 Å². The fourth-order valence-electron chi connectivity index (χ4n) is 0.606. The molecule has 0 radical (unpaired) electrons. The van der Waals surface area contributed by atoms with E-state index in [-0.39, 0.29) is 0 Å². The Balaban J connectivity index is 0.000000310. The van der Waals surface area contributed by atoms with Gasteiger partial charge in [0.05, 0.1) is 6.21 Å². The van der Waals surface area contributed by atoms with Gasteiger partial charge in [0.2, 0.25) is 0 Å². The predicted molar refractivity (Wildman–Crippen MR) is 48.0 cm³/mol. The summed E-state index contributed by atoms with van der Waals surface area (Å²) in [5.74, 6) is 0. The standard InChI is InChI=1S/C7H7NO.CH3NO2/c9-8-6-7-4-2-1-3-5-7;2-1(3)4/h1-6,9H;2H2,(H,3,4). The van der Waals surface area contributed by atoms with Gasteiger partial charge in [-0.15, -0.1) is 0 Å². The van der Waals surface area contributed by atoms with Crippen molar-refractivity contribution in [1.29, 1.82) is 0 Å². The molecule has 0 unspecified atom stereocenters. The summed E-state index contributed by atoms with van der Waals surface area (Å²) >= 11 is 0. The van der Waals surface area contributed by atoms with Gasteiger partial charge < -0.3 is 16.0 Å². The van der Waals surface area contributed by atoms with Crippen molar-refractivity contribution in [3.8, 4) is 0 Å². The summed E-state index contributed by atoms with van der Waals surface area (Å²) in [7, 11) is 0. The number of primary amides is 1. The van der Waals surface area contributed by atoms with Crippen molar-refractivity contribution < 1.29 is 15.1 Å². The van der Waals surface area contributed by atoms with Crippen molar-refractivity contribution in [3.05, 3.63) is 35.9 Å². The van der Waals surface area contributed by atoms with Crippen molar-refractivity contribution in [3.63, 3.8) is 0 Å². The molecule has 1 aromatic carbocycles. The highest BCUT2D eigenvalue weighted by molar-refractivity contribution is 5.78. The topological polar surface area (TPSA) is 95.9 Å². The van der Waals surface area contributed by atoms with E-state index in [4.69, 9.17) is 15.1 Å².